The molecule has 29 heavy (non-hydrogen) atoms. The van der Waals surface area contributed by atoms with E-state index < -0.39 is 0 Å². The van der Waals surface area contributed by atoms with Gasteiger partial charge in [0.05, 0.1) is 5.56 Å². The van der Waals surface area contributed by atoms with E-state index in [4.69, 9.17) is 14.2 Å². The van der Waals surface area contributed by atoms with Crippen LogP contribution < -0.4 is 14.2 Å². The van der Waals surface area contributed by atoms with Crippen LogP contribution in [-0.4, -0.2) is 44.0 Å². The van der Waals surface area contributed by atoms with Gasteiger partial charge in [0.1, 0.15) is 19.0 Å². The number of benzene rings is 3. The first-order chi connectivity index (χ1) is 14.2. The Balaban J connectivity index is 1.42. The molecule has 1 aliphatic heterocycles. The van der Waals surface area contributed by atoms with Crippen molar-refractivity contribution in [1.29, 1.82) is 0 Å². The third-order valence-electron chi connectivity index (χ3n) is 4.85. The summed E-state index contributed by atoms with van der Waals surface area (Å²) in [7, 11) is 1.71. The normalized spacial score (nSPS) is 12.4. The van der Waals surface area contributed by atoms with E-state index in [1.807, 2.05) is 48.5 Å². The van der Waals surface area contributed by atoms with E-state index in [1.54, 1.807) is 18.0 Å². The van der Waals surface area contributed by atoms with Crippen LogP contribution in [0.1, 0.15) is 15.9 Å². The molecule has 0 fully saturated rings. The van der Waals surface area contributed by atoms with Gasteiger partial charge in [0.15, 0.2) is 24.4 Å². The molecule has 6 heteroatoms. The second kappa shape index (κ2) is 8.22. The molecular weight excluding hydrogens is 370 g/mol. The molecule has 0 spiro atoms. The first-order valence-electron chi connectivity index (χ1n) is 9.38. The molecule has 0 bridgehead atoms. The highest BCUT2D eigenvalue weighted by Crippen LogP contribution is 2.31. The number of carbonyl (C=O) groups excluding carboxylic acids is 2. The van der Waals surface area contributed by atoms with Crippen molar-refractivity contribution in [3.8, 4) is 17.2 Å². The van der Waals surface area contributed by atoms with Crippen molar-refractivity contribution in [3.63, 3.8) is 0 Å². The van der Waals surface area contributed by atoms with E-state index in [-0.39, 0.29) is 12.5 Å². The maximum absolute atomic E-state index is 12.5. The molecule has 0 aromatic heterocycles. The molecule has 1 heterocycles. The third kappa shape index (κ3) is 4.01. The molecule has 1 amide bonds. The smallest absolute Gasteiger partial charge is 0.260 e. The first-order valence-corrected chi connectivity index (χ1v) is 9.38. The summed E-state index contributed by atoms with van der Waals surface area (Å²) in [6.45, 7) is 1.32. The van der Waals surface area contributed by atoms with Crippen molar-refractivity contribution in [2.24, 2.45) is 0 Å². The molecule has 0 saturated heterocycles. The summed E-state index contributed by atoms with van der Waals surface area (Å²) in [6, 6.07) is 16.8. The topological polar surface area (TPSA) is 65.1 Å². The van der Waals surface area contributed by atoms with Gasteiger partial charge < -0.3 is 19.1 Å². The highest BCUT2D eigenvalue weighted by Gasteiger charge is 2.16. The largest absolute Gasteiger partial charge is 0.486 e. The lowest BCUT2D eigenvalue weighted by molar-refractivity contribution is -0.132. The molecular formula is C23H21NO5. The molecule has 3 aromatic carbocycles. The van der Waals surface area contributed by atoms with Crippen molar-refractivity contribution in [2.75, 3.05) is 26.9 Å². The van der Waals surface area contributed by atoms with E-state index in [2.05, 4.69) is 0 Å². The zero-order chi connectivity index (χ0) is 20.2. The van der Waals surface area contributed by atoms with Gasteiger partial charge in [-0.25, -0.2) is 0 Å². The Kier molecular flexibility index (Phi) is 5.33. The van der Waals surface area contributed by atoms with Gasteiger partial charge in [-0.3, -0.25) is 9.59 Å². The number of carbonyl (C=O) groups is 2. The quantitative estimate of drug-likeness (QED) is 0.602. The monoisotopic (exact) mass is 391 g/mol. The molecule has 0 radical (unpaired) electrons. The highest BCUT2D eigenvalue weighted by molar-refractivity contribution is 6.00. The summed E-state index contributed by atoms with van der Waals surface area (Å²) in [5, 5.41) is 1.75. The fourth-order valence-corrected chi connectivity index (χ4v) is 3.32. The van der Waals surface area contributed by atoms with Crippen molar-refractivity contribution in [1.82, 2.24) is 4.90 Å². The average molecular weight is 391 g/mol. The molecule has 148 valence electrons. The summed E-state index contributed by atoms with van der Waals surface area (Å²) in [5.41, 5.74) is 1.38. The summed E-state index contributed by atoms with van der Waals surface area (Å²) in [5.74, 6) is 1.62. The Hall–Kier alpha value is -3.54. The highest BCUT2D eigenvalue weighted by atomic mass is 16.6. The minimum atomic E-state index is -0.190. The molecule has 0 aliphatic carbocycles. The van der Waals surface area contributed by atoms with Crippen LogP contribution in [0.4, 0.5) is 0 Å². The molecule has 1 aliphatic rings. The van der Waals surface area contributed by atoms with Gasteiger partial charge in [0.25, 0.3) is 5.91 Å². The molecule has 0 atom stereocenters. The fourth-order valence-electron chi connectivity index (χ4n) is 3.32. The lowest BCUT2D eigenvalue weighted by atomic mass is 10.0. The number of nitrogens with zero attached hydrogens (tertiary/aromatic N) is 1. The number of amides is 1. The molecule has 3 aromatic rings. The van der Waals surface area contributed by atoms with Gasteiger partial charge in [0, 0.05) is 13.6 Å². The number of likely N-dealkylation sites (N-methyl/N-ethyl adjacent to an activating group) is 1. The molecule has 0 unspecified atom stereocenters. The predicted octanol–water partition coefficient (Wildman–Crippen LogP) is 3.46. The first kappa shape index (κ1) is 18.8. The number of rotatable bonds is 6. The Labute approximate surface area is 168 Å². The molecule has 6 nitrogen and oxygen atoms in total. The average Bonchev–Trinajstić information content (AvgIpc) is 2.76. The van der Waals surface area contributed by atoms with Gasteiger partial charge in [-0.15, -0.1) is 0 Å². The van der Waals surface area contributed by atoms with Gasteiger partial charge in [-0.2, -0.15) is 0 Å². The number of hydrogen-bond donors (Lipinski definition) is 0. The zero-order valence-corrected chi connectivity index (χ0v) is 16.1. The zero-order valence-electron chi connectivity index (χ0n) is 16.1. The van der Waals surface area contributed by atoms with Gasteiger partial charge in [-0.05, 0) is 34.5 Å². The summed E-state index contributed by atoms with van der Waals surface area (Å²) in [4.78, 5) is 25.7. The Morgan fingerprint density at radius 1 is 1.07 bits per heavy atom. The number of aldehydes is 1. The number of ether oxygens (including phenoxy) is 3. The van der Waals surface area contributed by atoms with Crippen LogP contribution in [0.2, 0.25) is 0 Å². The van der Waals surface area contributed by atoms with E-state index in [0.717, 1.165) is 28.4 Å². The van der Waals surface area contributed by atoms with E-state index in [9.17, 15) is 9.59 Å². The number of fused-ring (bicyclic) bond motifs is 2. The van der Waals surface area contributed by atoms with Crippen LogP contribution in [0.25, 0.3) is 10.8 Å². The SMILES string of the molecule is CN(Cc1ccc2c(c1)OCCO2)C(=O)COc1ccc2ccccc2c1C=O. The van der Waals surface area contributed by atoms with Crippen molar-refractivity contribution in [3.05, 3.63) is 65.7 Å². The molecule has 0 N–H and O–H groups in total. The Morgan fingerprint density at radius 3 is 2.69 bits per heavy atom. The van der Waals surface area contributed by atoms with Crippen molar-refractivity contribution >= 4 is 23.0 Å². The van der Waals surface area contributed by atoms with Gasteiger partial charge in [0.2, 0.25) is 0 Å². The maximum Gasteiger partial charge on any atom is 0.260 e. The fraction of sp³-hybridized carbons (Fsp3) is 0.217. The van der Waals surface area contributed by atoms with Crippen molar-refractivity contribution in [2.45, 2.75) is 6.54 Å². The second-order valence-corrected chi connectivity index (χ2v) is 6.83. The van der Waals surface area contributed by atoms with Gasteiger partial charge in [-0.1, -0.05) is 36.4 Å². The standard InChI is InChI=1S/C23H21NO5/c1-24(13-16-6-8-21-22(12-16)28-11-10-27-21)23(26)15-29-20-9-7-17-4-2-3-5-18(17)19(20)14-25/h2-9,12,14H,10-11,13,15H2,1H3. The van der Waals surface area contributed by atoms with Crippen LogP contribution in [0, 0.1) is 0 Å². The summed E-state index contributed by atoms with van der Waals surface area (Å²) < 4.78 is 16.8. The number of hydrogen-bond acceptors (Lipinski definition) is 5. The van der Waals surface area contributed by atoms with E-state index in [1.165, 1.54) is 0 Å². The van der Waals surface area contributed by atoms with E-state index in [0.29, 0.717) is 36.8 Å². The summed E-state index contributed by atoms with van der Waals surface area (Å²) in [6.07, 6.45) is 0.765. The van der Waals surface area contributed by atoms with E-state index >= 15 is 0 Å². The van der Waals surface area contributed by atoms with Crippen molar-refractivity contribution < 1.29 is 23.8 Å². The van der Waals surface area contributed by atoms with Crippen LogP contribution in [0.3, 0.4) is 0 Å². The maximum atomic E-state index is 12.5. The van der Waals surface area contributed by atoms with Crippen LogP contribution in [0.5, 0.6) is 17.2 Å². The Morgan fingerprint density at radius 2 is 1.86 bits per heavy atom. The van der Waals surface area contributed by atoms with Gasteiger partial charge >= 0.3 is 0 Å². The Bertz CT molecular complexity index is 1060. The van der Waals surface area contributed by atoms with Crippen LogP contribution in [0.15, 0.2) is 54.6 Å². The lowest BCUT2D eigenvalue weighted by Crippen LogP contribution is -2.31. The molecule has 4 rings (SSSR count). The molecule has 0 saturated carbocycles. The minimum Gasteiger partial charge on any atom is -0.486 e. The summed E-state index contributed by atoms with van der Waals surface area (Å²) >= 11 is 0. The minimum absolute atomic E-state index is 0.153. The van der Waals surface area contributed by atoms with Crippen LogP contribution >= 0.6 is 0 Å². The van der Waals surface area contributed by atoms with Crippen LogP contribution in [-0.2, 0) is 11.3 Å². The second-order valence-electron chi connectivity index (χ2n) is 6.83. The predicted molar refractivity (Wildman–Crippen MR) is 109 cm³/mol. The lowest BCUT2D eigenvalue weighted by Gasteiger charge is -2.21. The third-order valence-corrected chi connectivity index (χ3v) is 4.85.